The fourth-order valence-electron chi connectivity index (χ4n) is 1.76. The summed E-state index contributed by atoms with van der Waals surface area (Å²) in [5.74, 6) is 1.41. The molecule has 0 unspecified atom stereocenters. The number of hydrogen-bond acceptors (Lipinski definition) is 2. The van der Waals surface area contributed by atoms with Crippen LogP contribution in [-0.2, 0) is 0 Å². The molecule has 2 rings (SSSR count). The largest absolute Gasteiger partial charge is 0.366 e. The third kappa shape index (κ3) is 2.49. The van der Waals surface area contributed by atoms with E-state index in [4.69, 9.17) is 34.8 Å². The molecule has 0 atom stereocenters. The molecule has 1 heterocycles. The van der Waals surface area contributed by atoms with Crippen molar-refractivity contribution in [3.8, 4) is 0 Å². The topological polar surface area (TPSA) is 24.9 Å². The van der Waals surface area contributed by atoms with Crippen molar-refractivity contribution in [1.29, 1.82) is 0 Å². The van der Waals surface area contributed by atoms with E-state index in [2.05, 4.69) is 17.2 Å². The second kappa shape index (κ2) is 4.36. The normalized spacial score (nSPS) is 24.8. The maximum Gasteiger partial charge on any atom is 0.150 e. The van der Waals surface area contributed by atoms with Crippen molar-refractivity contribution in [3.63, 3.8) is 0 Å². The van der Waals surface area contributed by atoms with Gasteiger partial charge < -0.3 is 5.32 Å². The van der Waals surface area contributed by atoms with E-state index < -0.39 is 0 Å². The lowest BCUT2D eigenvalue weighted by molar-refractivity contribution is 0.308. The number of hydrogen-bond donors (Lipinski definition) is 1. The number of halogens is 3. The molecule has 1 aliphatic rings. The van der Waals surface area contributed by atoms with Crippen molar-refractivity contribution < 1.29 is 0 Å². The molecule has 0 aliphatic heterocycles. The van der Waals surface area contributed by atoms with Crippen LogP contribution in [0.15, 0.2) is 6.07 Å². The molecule has 0 spiro atoms. The zero-order valence-electron chi connectivity index (χ0n) is 8.23. The predicted molar refractivity (Wildman–Crippen MR) is 65.1 cm³/mol. The molecule has 0 bridgehead atoms. The van der Waals surface area contributed by atoms with Crippen molar-refractivity contribution >= 4 is 40.6 Å². The van der Waals surface area contributed by atoms with Crippen LogP contribution >= 0.6 is 34.8 Å². The third-order valence-electron chi connectivity index (χ3n) is 2.60. The van der Waals surface area contributed by atoms with E-state index in [1.165, 1.54) is 0 Å². The van der Waals surface area contributed by atoms with Crippen LogP contribution in [0.1, 0.15) is 19.8 Å². The van der Waals surface area contributed by atoms with Crippen molar-refractivity contribution in [2.75, 3.05) is 5.32 Å². The maximum atomic E-state index is 5.99. The number of pyridine rings is 1. The van der Waals surface area contributed by atoms with Crippen molar-refractivity contribution in [1.82, 2.24) is 4.98 Å². The summed E-state index contributed by atoms with van der Waals surface area (Å²) in [5, 5.41) is 4.45. The fourth-order valence-corrected chi connectivity index (χ4v) is 2.31. The van der Waals surface area contributed by atoms with Gasteiger partial charge in [0.25, 0.3) is 0 Å². The predicted octanol–water partition coefficient (Wildman–Crippen LogP) is 4.25. The Morgan fingerprint density at radius 3 is 2.53 bits per heavy atom. The number of aromatic nitrogens is 1. The number of anilines is 1. The number of nitrogens with one attached hydrogen (secondary N) is 1. The Morgan fingerprint density at radius 1 is 1.27 bits per heavy atom. The molecule has 0 aromatic carbocycles. The molecule has 82 valence electrons. The number of nitrogens with zero attached hydrogens (tertiary/aromatic N) is 1. The highest BCUT2D eigenvalue weighted by Gasteiger charge is 2.26. The second-order valence-corrected chi connectivity index (χ2v) is 5.18. The average Bonchev–Trinajstić information content (AvgIpc) is 2.11. The van der Waals surface area contributed by atoms with E-state index in [-0.39, 0.29) is 5.15 Å². The van der Waals surface area contributed by atoms with Crippen LogP contribution in [0.3, 0.4) is 0 Å². The highest BCUT2D eigenvalue weighted by atomic mass is 35.5. The van der Waals surface area contributed by atoms with Crippen LogP contribution in [0.4, 0.5) is 5.82 Å². The van der Waals surface area contributed by atoms with Crippen LogP contribution < -0.4 is 5.32 Å². The molecule has 1 saturated carbocycles. The summed E-state index contributed by atoms with van der Waals surface area (Å²) in [4.78, 5) is 4.11. The highest BCUT2D eigenvalue weighted by molar-refractivity contribution is 6.42. The van der Waals surface area contributed by atoms with E-state index in [0.717, 1.165) is 18.8 Å². The lowest BCUT2D eigenvalue weighted by Gasteiger charge is -2.33. The Balaban J connectivity index is 2.11. The molecule has 1 aromatic rings. The Labute approximate surface area is 104 Å². The molecular formula is C10H11Cl3N2. The van der Waals surface area contributed by atoms with Gasteiger partial charge in [0.05, 0.1) is 10.0 Å². The van der Waals surface area contributed by atoms with Crippen molar-refractivity contribution in [3.05, 3.63) is 21.3 Å². The SMILES string of the molecule is CC1CC(Nc2nc(Cl)c(Cl)cc2Cl)C1. The summed E-state index contributed by atoms with van der Waals surface area (Å²) >= 11 is 17.6. The molecule has 2 nitrogen and oxygen atoms in total. The Morgan fingerprint density at radius 2 is 1.93 bits per heavy atom. The summed E-state index contributed by atoms with van der Waals surface area (Å²) in [6.07, 6.45) is 2.30. The first-order chi connectivity index (χ1) is 7.06. The molecule has 1 fully saturated rings. The van der Waals surface area contributed by atoms with Crippen LogP contribution in [0.2, 0.25) is 15.2 Å². The minimum Gasteiger partial charge on any atom is -0.366 e. The summed E-state index contributed by atoms with van der Waals surface area (Å²) in [5.41, 5.74) is 0. The van der Waals surface area contributed by atoms with Gasteiger partial charge in [-0.2, -0.15) is 0 Å². The quantitative estimate of drug-likeness (QED) is 0.809. The average molecular weight is 266 g/mol. The fraction of sp³-hybridized carbons (Fsp3) is 0.500. The zero-order valence-corrected chi connectivity index (χ0v) is 10.5. The van der Waals surface area contributed by atoms with Gasteiger partial charge in [-0.05, 0) is 24.8 Å². The minimum atomic E-state index is 0.288. The smallest absolute Gasteiger partial charge is 0.150 e. The molecular weight excluding hydrogens is 254 g/mol. The molecule has 1 aliphatic carbocycles. The molecule has 0 saturated heterocycles. The van der Waals surface area contributed by atoms with Crippen LogP contribution in [0, 0.1) is 5.92 Å². The zero-order chi connectivity index (χ0) is 11.0. The first kappa shape index (κ1) is 11.3. The summed E-state index contributed by atoms with van der Waals surface area (Å²) < 4.78 is 0. The molecule has 5 heteroatoms. The van der Waals surface area contributed by atoms with Gasteiger partial charge in [0, 0.05) is 6.04 Å². The minimum absolute atomic E-state index is 0.288. The van der Waals surface area contributed by atoms with E-state index in [1.54, 1.807) is 6.07 Å². The molecule has 1 aromatic heterocycles. The summed E-state index contributed by atoms with van der Waals surface area (Å²) in [7, 11) is 0. The lowest BCUT2D eigenvalue weighted by Crippen LogP contribution is -2.34. The standard InChI is InChI=1S/C10H11Cl3N2/c1-5-2-6(3-5)14-10-8(12)4-7(11)9(13)15-10/h4-6H,2-3H2,1H3,(H,14,15). The van der Waals surface area contributed by atoms with E-state index in [9.17, 15) is 0 Å². The van der Waals surface area contributed by atoms with Gasteiger partial charge in [-0.3, -0.25) is 0 Å². The Bertz CT molecular complexity index is 375. The molecule has 1 N–H and O–H groups in total. The van der Waals surface area contributed by atoms with E-state index in [0.29, 0.717) is 21.9 Å². The Kier molecular flexibility index (Phi) is 3.29. The molecule has 0 radical (unpaired) electrons. The van der Waals surface area contributed by atoms with Crippen LogP contribution in [-0.4, -0.2) is 11.0 Å². The van der Waals surface area contributed by atoms with Gasteiger partial charge >= 0.3 is 0 Å². The van der Waals surface area contributed by atoms with E-state index in [1.807, 2.05) is 0 Å². The van der Waals surface area contributed by atoms with Crippen molar-refractivity contribution in [2.24, 2.45) is 5.92 Å². The van der Waals surface area contributed by atoms with Gasteiger partial charge in [0.1, 0.15) is 11.0 Å². The second-order valence-electron chi connectivity index (χ2n) is 4.01. The highest BCUT2D eigenvalue weighted by Crippen LogP contribution is 2.33. The van der Waals surface area contributed by atoms with Crippen molar-refractivity contribution in [2.45, 2.75) is 25.8 Å². The first-order valence-electron chi connectivity index (χ1n) is 4.84. The monoisotopic (exact) mass is 264 g/mol. The third-order valence-corrected chi connectivity index (χ3v) is 3.56. The summed E-state index contributed by atoms with van der Waals surface area (Å²) in [6.45, 7) is 2.22. The van der Waals surface area contributed by atoms with E-state index >= 15 is 0 Å². The van der Waals surface area contributed by atoms with Gasteiger partial charge in [0.2, 0.25) is 0 Å². The van der Waals surface area contributed by atoms with Gasteiger partial charge in [-0.25, -0.2) is 4.98 Å². The molecule has 15 heavy (non-hydrogen) atoms. The van der Waals surface area contributed by atoms with Crippen LogP contribution in [0.25, 0.3) is 0 Å². The van der Waals surface area contributed by atoms with Gasteiger partial charge in [-0.15, -0.1) is 0 Å². The summed E-state index contributed by atoms with van der Waals surface area (Å²) in [6, 6.07) is 2.07. The Hall–Kier alpha value is -0.180. The van der Waals surface area contributed by atoms with Gasteiger partial charge in [-0.1, -0.05) is 41.7 Å². The maximum absolute atomic E-state index is 5.99. The molecule has 0 amide bonds. The first-order valence-corrected chi connectivity index (χ1v) is 5.97. The van der Waals surface area contributed by atoms with Gasteiger partial charge in [0.15, 0.2) is 0 Å². The number of rotatable bonds is 2. The van der Waals surface area contributed by atoms with Crippen LogP contribution in [0.5, 0.6) is 0 Å². The lowest BCUT2D eigenvalue weighted by atomic mass is 9.82.